The molecule has 4 nitrogen and oxygen atoms in total. The number of hydrogen-bond acceptors (Lipinski definition) is 2. The summed E-state index contributed by atoms with van der Waals surface area (Å²) in [5, 5.41) is 15.8. The maximum Gasteiger partial charge on any atom is 2.00 e. The average molecular weight is 142 g/mol. The van der Waals surface area contributed by atoms with E-state index in [0.717, 1.165) is 0 Å². The number of carboxylic acid groups (broad SMARTS) is 2. The second-order valence-corrected chi connectivity index (χ2v) is 1.29. The van der Waals surface area contributed by atoms with Crippen molar-refractivity contribution in [3.63, 3.8) is 0 Å². The summed E-state index contributed by atoms with van der Waals surface area (Å²) >= 11 is 0. The summed E-state index contributed by atoms with van der Waals surface area (Å²) < 4.78 is 0. The van der Waals surface area contributed by atoms with Gasteiger partial charge in [0.2, 0.25) is 0 Å². The SMILES string of the molecule is O=C(O)CCC(=O)O.[Mg+2]. The van der Waals surface area contributed by atoms with Crippen LogP contribution in [-0.4, -0.2) is 45.2 Å². The molecule has 0 aliphatic heterocycles. The van der Waals surface area contributed by atoms with E-state index < -0.39 is 11.9 Å². The van der Waals surface area contributed by atoms with Crippen LogP contribution in [0.15, 0.2) is 0 Å². The molecule has 0 aromatic carbocycles. The van der Waals surface area contributed by atoms with Gasteiger partial charge in [0.05, 0.1) is 12.8 Å². The Morgan fingerprint density at radius 1 is 1.00 bits per heavy atom. The van der Waals surface area contributed by atoms with E-state index >= 15 is 0 Å². The van der Waals surface area contributed by atoms with E-state index in [0.29, 0.717) is 0 Å². The molecule has 0 spiro atoms. The fourth-order valence-corrected chi connectivity index (χ4v) is 0.214. The molecule has 0 bridgehead atoms. The number of carbonyl (C=O) groups is 2. The van der Waals surface area contributed by atoms with Gasteiger partial charge in [-0.1, -0.05) is 0 Å². The van der Waals surface area contributed by atoms with E-state index in [1.807, 2.05) is 0 Å². The Labute approximate surface area is 68.0 Å². The topological polar surface area (TPSA) is 74.6 Å². The summed E-state index contributed by atoms with van der Waals surface area (Å²) in [5.74, 6) is -2.15. The van der Waals surface area contributed by atoms with E-state index in [-0.39, 0.29) is 35.9 Å². The monoisotopic (exact) mass is 142 g/mol. The first-order valence-corrected chi connectivity index (χ1v) is 2.06. The molecular formula is C4H6MgO4+2. The summed E-state index contributed by atoms with van der Waals surface area (Å²) in [4.78, 5) is 19.3. The Morgan fingerprint density at radius 3 is 1.33 bits per heavy atom. The third-order valence-corrected chi connectivity index (χ3v) is 0.553. The molecule has 0 aromatic heterocycles. The first-order chi connectivity index (χ1) is 3.63. The number of rotatable bonds is 3. The third kappa shape index (κ3) is 11.3. The molecule has 0 rings (SSSR count). The Kier molecular flexibility index (Phi) is 7.45. The Morgan fingerprint density at radius 2 is 1.22 bits per heavy atom. The van der Waals surface area contributed by atoms with Gasteiger partial charge in [0.15, 0.2) is 0 Å². The first-order valence-electron chi connectivity index (χ1n) is 2.06. The van der Waals surface area contributed by atoms with Crippen molar-refractivity contribution in [1.82, 2.24) is 0 Å². The molecule has 5 heteroatoms. The fourth-order valence-electron chi connectivity index (χ4n) is 0.214. The van der Waals surface area contributed by atoms with Crippen LogP contribution < -0.4 is 0 Å². The second-order valence-electron chi connectivity index (χ2n) is 1.29. The van der Waals surface area contributed by atoms with Gasteiger partial charge in [0.1, 0.15) is 0 Å². The van der Waals surface area contributed by atoms with Crippen LogP contribution in [0.4, 0.5) is 0 Å². The van der Waals surface area contributed by atoms with Crippen molar-refractivity contribution in [2.45, 2.75) is 12.8 Å². The zero-order valence-corrected chi connectivity index (χ0v) is 6.25. The minimum atomic E-state index is -1.08. The van der Waals surface area contributed by atoms with Crippen molar-refractivity contribution in [3.05, 3.63) is 0 Å². The van der Waals surface area contributed by atoms with Crippen molar-refractivity contribution in [2.24, 2.45) is 0 Å². The fraction of sp³-hybridized carbons (Fsp3) is 0.500. The standard InChI is InChI=1S/C4H6O4.Mg/c5-3(6)1-2-4(7)8;/h1-2H2,(H,5,6)(H,7,8);/q;+2. The van der Waals surface area contributed by atoms with Crippen LogP contribution in [0.2, 0.25) is 0 Å². The second kappa shape index (κ2) is 5.84. The molecule has 0 unspecified atom stereocenters. The van der Waals surface area contributed by atoms with Gasteiger partial charge in [-0.15, -0.1) is 0 Å². The molecule has 0 radical (unpaired) electrons. The van der Waals surface area contributed by atoms with Gasteiger partial charge in [-0.3, -0.25) is 9.59 Å². The molecule has 0 saturated heterocycles. The van der Waals surface area contributed by atoms with Gasteiger partial charge in [0.25, 0.3) is 0 Å². The van der Waals surface area contributed by atoms with Gasteiger partial charge in [-0.05, 0) is 0 Å². The normalized spacial score (nSPS) is 7.56. The molecule has 0 amide bonds. The third-order valence-electron chi connectivity index (χ3n) is 0.553. The molecule has 0 atom stereocenters. The van der Waals surface area contributed by atoms with E-state index in [9.17, 15) is 9.59 Å². The van der Waals surface area contributed by atoms with E-state index in [1.54, 1.807) is 0 Å². The molecule has 9 heavy (non-hydrogen) atoms. The number of hydrogen-bond donors (Lipinski definition) is 2. The predicted octanol–water partition coefficient (Wildman–Crippen LogP) is -0.445. The molecular weight excluding hydrogens is 136 g/mol. The smallest absolute Gasteiger partial charge is 0.481 e. The Balaban J connectivity index is 0. The molecule has 0 aliphatic rings. The average Bonchev–Trinajstić information content (AvgIpc) is 1.61. The summed E-state index contributed by atoms with van der Waals surface area (Å²) in [6.45, 7) is 0. The predicted molar refractivity (Wildman–Crippen MR) is 30.3 cm³/mol. The van der Waals surface area contributed by atoms with Gasteiger partial charge in [-0.2, -0.15) is 0 Å². The number of carboxylic acids is 2. The van der Waals surface area contributed by atoms with Gasteiger partial charge < -0.3 is 10.2 Å². The maximum atomic E-state index is 9.64. The molecule has 0 fully saturated rings. The van der Waals surface area contributed by atoms with E-state index in [2.05, 4.69) is 0 Å². The molecule has 0 heterocycles. The molecule has 0 aromatic rings. The summed E-state index contributed by atoms with van der Waals surface area (Å²) in [6, 6.07) is 0. The maximum absolute atomic E-state index is 9.64. The van der Waals surface area contributed by atoms with Crippen molar-refractivity contribution in [1.29, 1.82) is 0 Å². The number of aliphatic carboxylic acids is 2. The largest absolute Gasteiger partial charge is 2.00 e. The summed E-state index contributed by atoms with van der Waals surface area (Å²) in [7, 11) is 0. The van der Waals surface area contributed by atoms with Crippen LogP contribution in [0.1, 0.15) is 12.8 Å². The van der Waals surface area contributed by atoms with Crippen molar-refractivity contribution in [2.75, 3.05) is 0 Å². The van der Waals surface area contributed by atoms with E-state index in [4.69, 9.17) is 10.2 Å². The molecule has 0 aliphatic carbocycles. The van der Waals surface area contributed by atoms with Crippen molar-refractivity contribution in [3.8, 4) is 0 Å². The van der Waals surface area contributed by atoms with Gasteiger partial charge in [0, 0.05) is 0 Å². The zero-order chi connectivity index (χ0) is 6.57. The molecule has 0 saturated carbocycles. The van der Waals surface area contributed by atoms with Crippen LogP contribution in [0.5, 0.6) is 0 Å². The molecule has 2 N–H and O–H groups in total. The Hall–Kier alpha value is -0.294. The van der Waals surface area contributed by atoms with Crippen LogP contribution in [0.3, 0.4) is 0 Å². The van der Waals surface area contributed by atoms with Crippen molar-refractivity contribution < 1.29 is 19.8 Å². The van der Waals surface area contributed by atoms with Crippen LogP contribution in [0, 0.1) is 0 Å². The van der Waals surface area contributed by atoms with Gasteiger partial charge in [-0.25, -0.2) is 0 Å². The van der Waals surface area contributed by atoms with Gasteiger partial charge >= 0.3 is 35.0 Å². The zero-order valence-electron chi connectivity index (χ0n) is 4.83. The summed E-state index contributed by atoms with van der Waals surface area (Å²) in [6.07, 6.45) is -0.593. The first kappa shape index (κ1) is 11.5. The summed E-state index contributed by atoms with van der Waals surface area (Å²) in [5.41, 5.74) is 0. The van der Waals surface area contributed by atoms with E-state index in [1.165, 1.54) is 0 Å². The van der Waals surface area contributed by atoms with Crippen LogP contribution >= 0.6 is 0 Å². The van der Waals surface area contributed by atoms with Crippen LogP contribution in [0.25, 0.3) is 0 Å². The Bertz CT molecular complexity index is 97.1. The van der Waals surface area contributed by atoms with Crippen LogP contribution in [-0.2, 0) is 9.59 Å². The molecule has 46 valence electrons. The minimum Gasteiger partial charge on any atom is -0.481 e. The quantitative estimate of drug-likeness (QED) is 0.524. The van der Waals surface area contributed by atoms with Crippen molar-refractivity contribution >= 4 is 35.0 Å². The minimum absolute atomic E-state index is 0.